The predicted molar refractivity (Wildman–Crippen MR) is 132 cm³/mol. The standard InChI is InChI=1S/C27H35NO7/c1-6-13-34-26-15-19(8-12-24(26)32-4)27(30)28-22-10-9-20(35-17(2)29)16-21(22)18-7-11-23(31-3)25(14-18)33-5/h7-8,11-12,14-15,20-22H,6,9-10,13,16H2,1-5H3,(H,28,30). The molecule has 3 rings (SSSR count). The number of esters is 1. The van der Waals surface area contributed by atoms with Gasteiger partial charge in [0, 0.05) is 24.4 Å². The van der Waals surface area contributed by atoms with Gasteiger partial charge < -0.3 is 29.0 Å². The summed E-state index contributed by atoms with van der Waals surface area (Å²) in [6.45, 7) is 3.97. The first-order chi connectivity index (χ1) is 16.9. The van der Waals surface area contributed by atoms with E-state index >= 15 is 0 Å². The zero-order chi connectivity index (χ0) is 25.4. The van der Waals surface area contributed by atoms with Crippen LogP contribution >= 0.6 is 0 Å². The van der Waals surface area contributed by atoms with Crippen molar-refractivity contribution >= 4 is 11.9 Å². The molecule has 0 aromatic heterocycles. The minimum Gasteiger partial charge on any atom is -0.493 e. The maximum atomic E-state index is 13.3. The number of carbonyl (C=O) groups excluding carboxylic acids is 2. The number of carbonyl (C=O) groups is 2. The Morgan fingerprint density at radius 3 is 2.26 bits per heavy atom. The number of rotatable bonds is 10. The minimum atomic E-state index is -0.304. The van der Waals surface area contributed by atoms with E-state index in [1.807, 2.05) is 25.1 Å². The van der Waals surface area contributed by atoms with E-state index in [0.29, 0.717) is 54.4 Å². The van der Waals surface area contributed by atoms with Crippen LogP contribution in [-0.2, 0) is 9.53 Å². The van der Waals surface area contributed by atoms with Crippen molar-refractivity contribution in [1.29, 1.82) is 0 Å². The van der Waals surface area contributed by atoms with Gasteiger partial charge in [0.1, 0.15) is 6.10 Å². The lowest BCUT2D eigenvalue weighted by Gasteiger charge is -2.36. The SMILES string of the molecule is CCCOc1cc(C(=O)NC2CCC(OC(C)=O)CC2c2ccc(OC)c(OC)c2)ccc1OC. The van der Waals surface area contributed by atoms with Crippen molar-refractivity contribution in [3.05, 3.63) is 47.5 Å². The molecule has 2 aromatic rings. The molecule has 1 aliphatic rings. The first kappa shape index (κ1) is 26.2. The lowest BCUT2D eigenvalue weighted by molar-refractivity contribution is -0.148. The van der Waals surface area contributed by atoms with Crippen LogP contribution in [0.2, 0.25) is 0 Å². The normalized spacial score (nSPS) is 19.4. The zero-order valence-electron chi connectivity index (χ0n) is 21.1. The fraction of sp³-hybridized carbons (Fsp3) is 0.481. The molecule has 1 saturated carbocycles. The van der Waals surface area contributed by atoms with Crippen LogP contribution in [0.4, 0.5) is 0 Å². The lowest BCUT2D eigenvalue weighted by Crippen LogP contribution is -2.44. The van der Waals surface area contributed by atoms with E-state index in [9.17, 15) is 9.59 Å². The van der Waals surface area contributed by atoms with E-state index in [2.05, 4.69) is 5.32 Å². The van der Waals surface area contributed by atoms with E-state index in [1.165, 1.54) is 6.92 Å². The Hall–Kier alpha value is -3.42. The molecule has 1 amide bonds. The molecule has 8 heteroatoms. The topological polar surface area (TPSA) is 92.3 Å². The van der Waals surface area contributed by atoms with Crippen LogP contribution in [0, 0.1) is 0 Å². The molecule has 3 unspecified atom stereocenters. The van der Waals surface area contributed by atoms with Crippen molar-refractivity contribution in [3.8, 4) is 23.0 Å². The summed E-state index contributed by atoms with van der Waals surface area (Å²) >= 11 is 0. The van der Waals surface area contributed by atoms with Gasteiger partial charge in [-0.05, 0) is 61.6 Å². The van der Waals surface area contributed by atoms with Gasteiger partial charge in [0.2, 0.25) is 0 Å². The van der Waals surface area contributed by atoms with Crippen molar-refractivity contribution in [2.75, 3.05) is 27.9 Å². The highest BCUT2D eigenvalue weighted by atomic mass is 16.5. The number of benzene rings is 2. The van der Waals surface area contributed by atoms with Crippen LogP contribution in [-0.4, -0.2) is 52.0 Å². The first-order valence-corrected chi connectivity index (χ1v) is 11.9. The molecule has 35 heavy (non-hydrogen) atoms. The van der Waals surface area contributed by atoms with E-state index in [-0.39, 0.29) is 29.9 Å². The number of methoxy groups -OCH3 is 3. The summed E-state index contributed by atoms with van der Waals surface area (Å²) in [6.07, 6.45) is 2.56. The fourth-order valence-corrected chi connectivity index (χ4v) is 4.49. The maximum absolute atomic E-state index is 13.3. The molecule has 0 spiro atoms. The smallest absolute Gasteiger partial charge is 0.302 e. The third kappa shape index (κ3) is 6.59. The second kappa shape index (κ2) is 12.3. The Morgan fingerprint density at radius 2 is 1.60 bits per heavy atom. The molecule has 0 saturated heterocycles. The molecule has 2 aromatic carbocycles. The molecular formula is C27H35NO7. The summed E-state index contributed by atoms with van der Waals surface area (Å²) in [5, 5.41) is 3.20. The summed E-state index contributed by atoms with van der Waals surface area (Å²) in [5.41, 5.74) is 1.47. The summed E-state index contributed by atoms with van der Waals surface area (Å²) in [5.74, 6) is 1.78. The van der Waals surface area contributed by atoms with Gasteiger partial charge in [0.25, 0.3) is 5.91 Å². The van der Waals surface area contributed by atoms with Crippen LogP contribution in [0.5, 0.6) is 23.0 Å². The van der Waals surface area contributed by atoms with E-state index in [1.54, 1.807) is 39.5 Å². The molecule has 1 aliphatic carbocycles. The van der Waals surface area contributed by atoms with Crippen molar-refractivity contribution in [2.24, 2.45) is 0 Å². The third-order valence-corrected chi connectivity index (χ3v) is 6.17. The van der Waals surface area contributed by atoms with Gasteiger partial charge >= 0.3 is 5.97 Å². The molecule has 1 N–H and O–H groups in total. The van der Waals surface area contributed by atoms with Crippen LogP contribution < -0.4 is 24.3 Å². The molecule has 8 nitrogen and oxygen atoms in total. The number of amides is 1. The second-order valence-electron chi connectivity index (χ2n) is 8.56. The van der Waals surface area contributed by atoms with Crippen molar-refractivity contribution in [2.45, 2.75) is 57.6 Å². The average molecular weight is 486 g/mol. The molecule has 1 fully saturated rings. The van der Waals surface area contributed by atoms with Crippen molar-refractivity contribution in [3.63, 3.8) is 0 Å². The number of nitrogens with one attached hydrogen (secondary N) is 1. The summed E-state index contributed by atoms with van der Waals surface area (Å²) < 4.78 is 27.5. The van der Waals surface area contributed by atoms with Crippen LogP contribution in [0.15, 0.2) is 36.4 Å². The number of hydrogen-bond donors (Lipinski definition) is 1. The van der Waals surface area contributed by atoms with Crippen LogP contribution in [0.25, 0.3) is 0 Å². The highest BCUT2D eigenvalue weighted by Gasteiger charge is 2.34. The van der Waals surface area contributed by atoms with Crippen LogP contribution in [0.3, 0.4) is 0 Å². The van der Waals surface area contributed by atoms with Gasteiger partial charge in [-0.15, -0.1) is 0 Å². The van der Waals surface area contributed by atoms with Gasteiger partial charge in [0.05, 0.1) is 27.9 Å². The Kier molecular flexibility index (Phi) is 9.23. The molecule has 0 aliphatic heterocycles. The monoisotopic (exact) mass is 485 g/mol. The van der Waals surface area contributed by atoms with Crippen molar-refractivity contribution < 1.29 is 33.3 Å². The maximum Gasteiger partial charge on any atom is 0.302 e. The van der Waals surface area contributed by atoms with Gasteiger partial charge in [-0.1, -0.05) is 13.0 Å². The largest absolute Gasteiger partial charge is 0.493 e. The summed E-state index contributed by atoms with van der Waals surface area (Å²) in [4.78, 5) is 24.9. The van der Waals surface area contributed by atoms with Gasteiger partial charge in [-0.25, -0.2) is 0 Å². The predicted octanol–water partition coefficient (Wildman–Crippen LogP) is 4.50. The molecular weight excluding hydrogens is 450 g/mol. The summed E-state index contributed by atoms with van der Waals surface area (Å²) in [6, 6.07) is 10.7. The Balaban J connectivity index is 1.86. The zero-order valence-corrected chi connectivity index (χ0v) is 21.1. The highest BCUT2D eigenvalue weighted by molar-refractivity contribution is 5.95. The molecule has 0 heterocycles. The second-order valence-corrected chi connectivity index (χ2v) is 8.56. The third-order valence-electron chi connectivity index (χ3n) is 6.17. The summed E-state index contributed by atoms with van der Waals surface area (Å²) in [7, 11) is 4.75. The quantitative estimate of drug-likeness (QED) is 0.496. The van der Waals surface area contributed by atoms with E-state index in [4.69, 9.17) is 23.7 Å². The van der Waals surface area contributed by atoms with Gasteiger partial charge in [-0.3, -0.25) is 9.59 Å². The van der Waals surface area contributed by atoms with Crippen LogP contribution in [0.1, 0.15) is 61.4 Å². The number of hydrogen-bond acceptors (Lipinski definition) is 7. The molecule has 190 valence electrons. The minimum absolute atomic E-state index is 0.0779. The van der Waals surface area contributed by atoms with Gasteiger partial charge in [0.15, 0.2) is 23.0 Å². The Morgan fingerprint density at radius 1 is 0.914 bits per heavy atom. The molecule has 3 atom stereocenters. The van der Waals surface area contributed by atoms with E-state index < -0.39 is 0 Å². The molecule has 0 bridgehead atoms. The lowest BCUT2D eigenvalue weighted by atomic mass is 9.78. The van der Waals surface area contributed by atoms with Crippen molar-refractivity contribution in [1.82, 2.24) is 5.32 Å². The Labute approximate surface area is 206 Å². The van der Waals surface area contributed by atoms with Gasteiger partial charge in [-0.2, -0.15) is 0 Å². The first-order valence-electron chi connectivity index (χ1n) is 11.9. The number of ether oxygens (including phenoxy) is 5. The molecule has 0 radical (unpaired) electrons. The van der Waals surface area contributed by atoms with E-state index in [0.717, 1.165) is 12.0 Å². The highest BCUT2D eigenvalue weighted by Crippen LogP contribution is 2.39. The average Bonchev–Trinajstić information content (AvgIpc) is 2.87. The Bertz CT molecular complexity index is 1020. The fourth-order valence-electron chi connectivity index (χ4n) is 4.49.